The number of likely N-dealkylation sites (N-methyl/N-ethyl adjacent to an activating group) is 1. The van der Waals surface area contributed by atoms with Crippen LogP contribution >= 0.6 is 0 Å². The molecular formula is C22H23N3O4. The van der Waals surface area contributed by atoms with Gasteiger partial charge in [0.15, 0.2) is 6.10 Å². The van der Waals surface area contributed by atoms with Crippen LogP contribution in [0.15, 0.2) is 48.5 Å². The zero-order chi connectivity index (χ0) is 20.5. The molecule has 2 heterocycles. The molecule has 1 fully saturated rings. The summed E-state index contributed by atoms with van der Waals surface area (Å²) in [6.45, 7) is 0.788. The fourth-order valence-electron chi connectivity index (χ4n) is 3.73. The van der Waals surface area contributed by atoms with Crippen molar-refractivity contribution in [2.45, 2.75) is 18.9 Å². The summed E-state index contributed by atoms with van der Waals surface area (Å²) in [6, 6.07) is 14.3. The molecule has 0 N–H and O–H groups in total. The number of nitrogens with zero attached hydrogens (tertiary/aromatic N) is 3. The highest BCUT2D eigenvalue weighted by Gasteiger charge is 2.35. The predicted molar refractivity (Wildman–Crippen MR) is 109 cm³/mol. The monoisotopic (exact) mass is 393 g/mol. The van der Waals surface area contributed by atoms with Crippen LogP contribution in [0.5, 0.6) is 5.75 Å². The van der Waals surface area contributed by atoms with E-state index in [1.807, 2.05) is 18.2 Å². The molecule has 1 saturated heterocycles. The van der Waals surface area contributed by atoms with Crippen molar-refractivity contribution in [3.05, 3.63) is 54.1 Å². The minimum absolute atomic E-state index is 0.0722. The van der Waals surface area contributed by atoms with Gasteiger partial charge in [-0.15, -0.1) is 0 Å². The van der Waals surface area contributed by atoms with Gasteiger partial charge in [0.25, 0.3) is 11.8 Å². The number of carbonyl (C=O) groups excluding carboxylic acids is 3. The maximum atomic E-state index is 13.4. The van der Waals surface area contributed by atoms with Crippen LogP contribution in [0.4, 0.5) is 11.4 Å². The summed E-state index contributed by atoms with van der Waals surface area (Å²) < 4.78 is 5.85. The van der Waals surface area contributed by atoms with Crippen LogP contribution < -0.4 is 14.5 Å². The van der Waals surface area contributed by atoms with E-state index in [-0.39, 0.29) is 24.3 Å². The van der Waals surface area contributed by atoms with E-state index in [9.17, 15) is 14.4 Å². The maximum Gasteiger partial charge on any atom is 0.265 e. The molecule has 2 aliphatic heterocycles. The summed E-state index contributed by atoms with van der Waals surface area (Å²) in [5.41, 5.74) is 1.82. The number of hydrogen-bond acceptors (Lipinski definition) is 4. The normalized spacial score (nSPS) is 18.3. The van der Waals surface area contributed by atoms with Crippen LogP contribution in [0.3, 0.4) is 0 Å². The van der Waals surface area contributed by atoms with Crippen molar-refractivity contribution in [1.82, 2.24) is 4.90 Å². The van der Waals surface area contributed by atoms with Gasteiger partial charge in [0.1, 0.15) is 5.75 Å². The van der Waals surface area contributed by atoms with Gasteiger partial charge < -0.3 is 19.4 Å². The third kappa shape index (κ3) is 3.55. The zero-order valence-corrected chi connectivity index (χ0v) is 16.5. The van der Waals surface area contributed by atoms with E-state index in [0.717, 1.165) is 12.1 Å². The van der Waals surface area contributed by atoms with Gasteiger partial charge in [0.05, 0.1) is 12.2 Å². The first-order valence-corrected chi connectivity index (χ1v) is 9.65. The molecule has 7 heteroatoms. The lowest BCUT2D eigenvalue weighted by Crippen LogP contribution is -2.50. The molecule has 0 saturated carbocycles. The van der Waals surface area contributed by atoms with Crippen LogP contribution in [0.2, 0.25) is 0 Å². The lowest BCUT2D eigenvalue weighted by atomic mass is 10.1. The molecule has 1 atom stereocenters. The second kappa shape index (κ2) is 7.58. The van der Waals surface area contributed by atoms with Gasteiger partial charge in [-0.2, -0.15) is 0 Å². The molecule has 0 bridgehead atoms. The highest BCUT2D eigenvalue weighted by Crippen LogP contribution is 2.35. The van der Waals surface area contributed by atoms with E-state index in [1.54, 1.807) is 54.2 Å². The van der Waals surface area contributed by atoms with E-state index in [2.05, 4.69) is 0 Å². The van der Waals surface area contributed by atoms with E-state index in [0.29, 0.717) is 30.0 Å². The Balaban J connectivity index is 1.67. The second-order valence-electron chi connectivity index (χ2n) is 7.42. The van der Waals surface area contributed by atoms with E-state index in [4.69, 9.17) is 4.74 Å². The zero-order valence-electron chi connectivity index (χ0n) is 16.5. The summed E-state index contributed by atoms with van der Waals surface area (Å²) in [7, 11) is 3.32. The third-order valence-electron chi connectivity index (χ3n) is 5.21. The molecule has 29 heavy (non-hydrogen) atoms. The standard InChI is InChI=1S/C22H23N3O4/c1-23(2)22(28)19-14-25(17-9-3-4-10-18(17)29-19)21(27)15-7-5-8-16(13-15)24-12-6-11-20(24)26/h3-5,7-10,13,19H,6,11-12,14H2,1-2H3. The Morgan fingerprint density at radius 2 is 1.90 bits per heavy atom. The van der Waals surface area contributed by atoms with Crippen molar-refractivity contribution < 1.29 is 19.1 Å². The van der Waals surface area contributed by atoms with E-state index in [1.165, 1.54) is 4.90 Å². The summed E-state index contributed by atoms with van der Waals surface area (Å²) in [5, 5.41) is 0. The molecule has 150 valence electrons. The minimum Gasteiger partial charge on any atom is -0.476 e. The Morgan fingerprint density at radius 3 is 2.62 bits per heavy atom. The quantitative estimate of drug-likeness (QED) is 0.802. The molecule has 0 aromatic heterocycles. The average molecular weight is 393 g/mol. The van der Waals surface area contributed by atoms with Crippen molar-refractivity contribution in [2.75, 3.05) is 37.0 Å². The van der Waals surface area contributed by atoms with Crippen LogP contribution in [0.1, 0.15) is 23.2 Å². The lowest BCUT2D eigenvalue weighted by molar-refractivity contribution is -0.135. The SMILES string of the molecule is CN(C)C(=O)C1CN(C(=O)c2cccc(N3CCCC3=O)c2)c2ccccc2O1. The number of hydrogen-bond donors (Lipinski definition) is 0. The molecule has 7 nitrogen and oxygen atoms in total. The lowest BCUT2D eigenvalue weighted by Gasteiger charge is -2.35. The van der Waals surface area contributed by atoms with E-state index >= 15 is 0 Å². The van der Waals surface area contributed by atoms with Crippen molar-refractivity contribution >= 4 is 29.1 Å². The molecule has 2 aromatic carbocycles. The Kier molecular flexibility index (Phi) is 4.96. The Labute approximate surface area is 169 Å². The van der Waals surface area contributed by atoms with Gasteiger partial charge in [-0.1, -0.05) is 18.2 Å². The number of benzene rings is 2. The summed E-state index contributed by atoms with van der Waals surface area (Å²) >= 11 is 0. The van der Waals surface area contributed by atoms with Gasteiger partial charge >= 0.3 is 0 Å². The number of para-hydroxylation sites is 2. The molecule has 2 aliphatic rings. The predicted octanol–water partition coefficient (Wildman–Crippen LogP) is 2.31. The molecule has 4 rings (SSSR count). The molecule has 1 unspecified atom stereocenters. The van der Waals surface area contributed by atoms with Crippen molar-refractivity contribution in [3.8, 4) is 5.75 Å². The van der Waals surface area contributed by atoms with E-state index < -0.39 is 6.10 Å². The van der Waals surface area contributed by atoms with Crippen molar-refractivity contribution in [1.29, 1.82) is 0 Å². The largest absolute Gasteiger partial charge is 0.476 e. The Hall–Kier alpha value is -3.35. The van der Waals surface area contributed by atoms with Crippen LogP contribution in [-0.2, 0) is 9.59 Å². The fraction of sp³-hybridized carbons (Fsp3) is 0.318. The number of amides is 3. The molecule has 0 aliphatic carbocycles. The molecule has 0 spiro atoms. The van der Waals surface area contributed by atoms with Crippen LogP contribution in [0, 0.1) is 0 Å². The summed E-state index contributed by atoms with van der Waals surface area (Å²) in [6.07, 6.45) is 0.582. The topological polar surface area (TPSA) is 70.2 Å². The fourth-order valence-corrected chi connectivity index (χ4v) is 3.73. The number of rotatable bonds is 3. The van der Waals surface area contributed by atoms with Gasteiger partial charge in [-0.05, 0) is 36.8 Å². The molecule has 3 amide bonds. The highest BCUT2D eigenvalue weighted by molar-refractivity contribution is 6.09. The smallest absolute Gasteiger partial charge is 0.265 e. The first kappa shape index (κ1) is 19.0. The van der Waals surface area contributed by atoms with Crippen LogP contribution in [-0.4, -0.2) is 55.9 Å². The minimum atomic E-state index is -0.771. The van der Waals surface area contributed by atoms with Crippen molar-refractivity contribution in [2.24, 2.45) is 0 Å². The number of anilines is 2. The number of ether oxygens (including phenoxy) is 1. The number of fused-ring (bicyclic) bond motifs is 1. The summed E-state index contributed by atoms with van der Waals surface area (Å²) in [4.78, 5) is 42.7. The third-order valence-corrected chi connectivity index (χ3v) is 5.21. The highest BCUT2D eigenvalue weighted by atomic mass is 16.5. The second-order valence-corrected chi connectivity index (χ2v) is 7.42. The van der Waals surface area contributed by atoms with Gasteiger partial charge in [-0.25, -0.2) is 0 Å². The summed E-state index contributed by atoms with van der Waals surface area (Å²) in [5.74, 6) is 0.139. The maximum absolute atomic E-state index is 13.4. The van der Waals surface area contributed by atoms with Gasteiger partial charge in [-0.3, -0.25) is 14.4 Å². The average Bonchev–Trinajstić information content (AvgIpc) is 3.17. The van der Waals surface area contributed by atoms with Gasteiger partial charge in [0, 0.05) is 38.3 Å². The van der Waals surface area contributed by atoms with Crippen molar-refractivity contribution in [3.63, 3.8) is 0 Å². The first-order chi connectivity index (χ1) is 14.0. The number of carbonyl (C=O) groups is 3. The Morgan fingerprint density at radius 1 is 1.10 bits per heavy atom. The Bertz CT molecular complexity index is 972. The first-order valence-electron chi connectivity index (χ1n) is 9.65. The molecule has 2 aromatic rings. The molecular weight excluding hydrogens is 370 g/mol. The van der Waals surface area contributed by atoms with Gasteiger partial charge in [0.2, 0.25) is 5.91 Å². The molecule has 0 radical (unpaired) electrons. The van der Waals surface area contributed by atoms with Crippen LogP contribution in [0.25, 0.3) is 0 Å².